The number of rotatable bonds is 7. The lowest BCUT2D eigenvalue weighted by Gasteiger charge is -2.22. The van der Waals surface area contributed by atoms with Gasteiger partial charge in [0.15, 0.2) is 0 Å². The van der Waals surface area contributed by atoms with Crippen molar-refractivity contribution in [3.05, 3.63) is 30.0 Å². The van der Waals surface area contributed by atoms with Crippen molar-refractivity contribution in [2.24, 2.45) is 11.7 Å². The largest absolute Gasteiger partial charge is 0.329 e. The van der Waals surface area contributed by atoms with Crippen LogP contribution in [0.3, 0.4) is 0 Å². The molecule has 0 spiro atoms. The SMILES string of the molecule is CCn1nc(CN(CCN)CC(C)C)c2ccccc21. The van der Waals surface area contributed by atoms with Crippen molar-refractivity contribution in [3.8, 4) is 0 Å². The molecule has 0 radical (unpaired) electrons. The fraction of sp³-hybridized carbons (Fsp3) is 0.562. The number of para-hydroxylation sites is 1. The first-order valence-electron chi connectivity index (χ1n) is 7.52. The fourth-order valence-electron chi connectivity index (χ4n) is 2.70. The van der Waals surface area contributed by atoms with Gasteiger partial charge in [0.05, 0.1) is 11.2 Å². The molecule has 0 aliphatic heterocycles. The third-order valence-corrected chi connectivity index (χ3v) is 3.48. The van der Waals surface area contributed by atoms with Crippen molar-refractivity contribution in [1.29, 1.82) is 0 Å². The molecule has 0 fully saturated rings. The van der Waals surface area contributed by atoms with Crippen LogP contribution in [0.1, 0.15) is 26.5 Å². The summed E-state index contributed by atoms with van der Waals surface area (Å²) in [6.07, 6.45) is 0. The Hall–Kier alpha value is -1.39. The van der Waals surface area contributed by atoms with Crippen molar-refractivity contribution in [1.82, 2.24) is 14.7 Å². The number of aryl methyl sites for hydroxylation is 1. The Morgan fingerprint density at radius 1 is 1.30 bits per heavy atom. The van der Waals surface area contributed by atoms with E-state index in [1.807, 2.05) is 0 Å². The van der Waals surface area contributed by atoms with Gasteiger partial charge in [0.1, 0.15) is 0 Å². The highest BCUT2D eigenvalue weighted by atomic mass is 15.3. The minimum absolute atomic E-state index is 0.640. The van der Waals surface area contributed by atoms with E-state index in [0.29, 0.717) is 12.5 Å². The molecule has 2 rings (SSSR count). The number of nitrogens with two attached hydrogens (primary N) is 1. The number of aromatic nitrogens is 2. The molecular weight excluding hydrogens is 248 g/mol. The van der Waals surface area contributed by atoms with Gasteiger partial charge in [-0.15, -0.1) is 0 Å². The van der Waals surface area contributed by atoms with Crippen LogP contribution >= 0.6 is 0 Å². The Kier molecular flexibility index (Phi) is 5.15. The molecule has 0 atom stereocenters. The van der Waals surface area contributed by atoms with Crippen molar-refractivity contribution >= 4 is 10.9 Å². The van der Waals surface area contributed by atoms with Crippen molar-refractivity contribution in [3.63, 3.8) is 0 Å². The summed E-state index contributed by atoms with van der Waals surface area (Å²) >= 11 is 0. The van der Waals surface area contributed by atoms with Crippen LogP contribution < -0.4 is 5.73 Å². The van der Waals surface area contributed by atoms with Crippen LogP contribution in [0.25, 0.3) is 10.9 Å². The third-order valence-electron chi connectivity index (χ3n) is 3.48. The zero-order valence-corrected chi connectivity index (χ0v) is 12.8. The minimum Gasteiger partial charge on any atom is -0.329 e. The van der Waals surface area contributed by atoms with E-state index in [9.17, 15) is 0 Å². The summed E-state index contributed by atoms with van der Waals surface area (Å²) in [5.74, 6) is 0.640. The molecule has 0 bridgehead atoms. The summed E-state index contributed by atoms with van der Waals surface area (Å²) in [5, 5.41) is 6.04. The normalized spacial score (nSPS) is 11.9. The van der Waals surface area contributed by atoms with E-state index in [0.717, 1.165) is 31.9 Å². The highest BCUT2D eigenvalue weighted by Gasteiger charge is 2.13. The van der Waals surface area contributed by atoms with Crippen LogP contribution in [0, 0.1) is 5.92 Å². The van der Waals surface area contributed by atoms with E-state index in [1.54, 1.807) is 0 Å². The van der Waals surface area contributed by atoms with Crippen LogP contribution in [-0.2, 0) is 13.1 Å². The van der Waals surface area contributed by atoms with Crippen LogP contribution in [0.4, 0.5) is 0 Å². The molecule has 4 nitrogen and oxygen atoms in total. The minimum atomic E-state index is 0.640. The Morgan fingerprint density at radius 2 is 2.05 bits per heavy atom. The molecule has 0 aliphatic carbocycles. The monoisotopic (exact) mass is 274 g/mol. The number of benzene rings is 1. The smallest absolute Gasteiger partial charge is 0.0843 e. The molecule has 0 aliphatic rings. The zero-order valence-electron chi connectivity index (χ0n) is 12.8. The summed E-state index contributed by atoms with van der Waals surface area (Å²) in [7, 11) is 0. The molecule has 4 heteroatoms. The van der Waals surface area contributed by atoms with Crippen molar-refractivity contribution in [2.45, 2.75) is 33.9 Å². The van der Waals surface area contributed by atoms with E-state index >= 15 is 0 Å². The van der Waals surface area contributed by atoms with Gasteiger partial charge >= 0.3 is 0 Å². The fourth-order valence-corrected chi connectivity index (χ4v) is 2.70. The standard InChI is InChI=1S/C16H26N4/c1-4-20-16-8-6-5-7-14(16)15(18-20)12-19(10-9-17)11-13(2)3/h5-8,13H,4,9-12,17H2,1-3H3. The van der Waals surface area contributed by atoms with E-state index in [2.05, 4.69) is 54.6 Å². The third kappa shape index (κ3) is 3.38. The maximum atomic E-state index is 5.74. The topological polar surface area (TPSA) is 47.1 Å². The van der Waals surface area contributed by atoms with Crippen LogP contribution in [0.5, 0.6) is 0 Å². The second-order valence-corrected chi connectivity index (χ2v) is 5.70. The second-order valence-electron chi connectivity index (χ2n) is 5.70. The molecule has 1 aromatic carbocycles. The van der Waals surface area contributed by atoms with E-state index < -0.39 is 0 Å². The molecule has 20 heavy (non-hydrogen) atoms. The maximum absolute atomic E-state index is 5.74. The predicted octanol–water partition coefficient (Wildman–Crippen LogP) is 2.47. The first-order chi connectivity index (χ1) is 9.65. The molecular formula is C16H26N4. The number of hydrogen-bond donors (Lipinski definition) is 1. The average Bonchev–Trinajstić information content (AvgIpc) is 2.77. The maximum Gasteiger partial charge on any atom is 0.0843 e. The van der Waals surface area contributed by atoms with Crippen LogP contribution in [0.15, 0.2) is 24.3 Å². The number of nitrogens with zero attached hydrogens (tertiary/aromatic N) is 3. The molecule has 0 unspecified atom stereocenters. The summed E-state index contributed by atoms with van der Waals surface area (Å²) < 4.78 is 2.08. The second kappa shape index (κ2) is 6.86. The van der Waals surface area contributed by atoms with E-state index in [4.69, 9.17) is 10.8 Å². The van der Waals surface area contributed by atoms with E-state index in [1.165, 1.54) is 10.9 Å². The Balaban J connectivity index is 2.27. The molecule has 110 valence electrons. The molecule has 0 amide bonds. The molecule has 2 N–H and O–H groups in total. The number of fused-ring (bicyclic) bond motifs is 1. The number of hydrogen-bond acceptors (Lipinski definition) is 3. The average molecular weight is 274 g/mol. The van der Waals surface area contributed by atoms with Crippen LogP contribution in [0.2, 0.25) is 0 Å². The van der Waals surface area contributed by atoms with Crippen LogP contribution in [-0.4, -0.2) is 34.3 Å². The van der Waals surface area contributed by atoms with Gasteiger partial charge in [0.25, 0.3) is 0 Å². The quantitative estimate of drug-likeness (QED) is 0.843. The molecule has 1 aromatic heterocycles. The molecule has 0 saturated carbocycles. The summed E-state index contributed by atoms with van der Waals surface area (Å²) in [6, 6.07) is 8.47. The summed E-state index contributed by atoms with van der Waals surface area (Å²) in [6.45, 7) is 11.1. The lowest BCUT2D eigenvalue weighted by Crippen LogP contribution is -2.32. The van der Waals surface area contributed by atoms with Gasteiger partial charge in [0, 0.05) is 38.1 Å². The van der Waals surface area contributed by atoms with Gasteiger partial charge in [-0.2, -0.15) is 5.10 Å². The highest BCUT2D eigenvalue weighted by Crippen LogP contribution is 2.20. The first kappa shape index (κ1) is 15.0. The highest BCUT2D eigenvalue weighted by molar-refractivity contribution is 5.81. The predicted molar refractivity (Wildman–Crippen MR) is 84.6 cm³/mol. The van der Waals surface area contributed by atoms with Crippen molar-refractivity contribution < 1.29 is 0 Å². The van der Waals surface area contributed by atoms with E-state index in [-0.39, 0.29) is 0 Å². The first-order valence-corrected chi connectivity index (χ1v) is 7.52. The molecule has 2 aromatic rings. The van der Waals surface area contributed by atoms with Gasteiger partial charge in [-0.1, -0.05) is 32.0 Å². The van der Waals surface area contributed by atoms with Gasteiger partial charge < -0.3 is 5.73 Å². The Morgan fingerprint density at radius 3 is 2.70 bits per heavy atom. The van der Waals surface area contributed by atoms with Gasteiger partial charge in [-0.25, -0.2) is 0 Å². The lowest BCUT2D eigenvalue weighted by atomic mass is 10.1. The van der Waals surface area contributed by atoms with Crippen molar-refractivity contribution in [2.75, 3.05) is 19.6 Å². The van der Waals surface area contributed by atoms with Gasteiger partial charge in [-0.05, 0) is 18.9 Å². The zero-order chi connectivity index (χ0) is 14.5. The summed E-state index contributed by atoms with van der Waals surface area (Å²) in [4.78, 5) is 2.40. The van der Waals surface area contributed by atoms with Gasteiger partial charge in [0.2, 0.25) is 0 Å². The summed E-state index contributed by atoms with van der Waals surface area (Å²) in [5.41, 5.74) is 8.12. The molecule has 0 saturated heterocycles. The Labute approximate surface area is 121 Å². The Bertz CT molecular complexity index is 544. The van der Waals surface area contributed by atoms with Gasteiger partial charge in [-0.3, -0.25) is 9.58 Å². The lowest BCUT2D eigenvalue weighted by molar-refractivity contribution is 0.240. The molecule has 1 heterocycles.